The fourth-order valence-electron chi connectivity index (χ4n) is 1.44. The summed E-state index contributed by atoms with van der Waals surface area (Å²) >= 11 is 0. The highest BCUT2D eigenvalue weighted by molar-refractivity contribution is 5.33. The maximum atomic E-state index is 12.0. The molecule has 0 radical (unpaired) electrons. The largest absolute Gasteiger partial charge is 0.493 e. The van der Waals surface area contributed by atoms with Gasteiger partial charge in [0.05, 0.1) is 13.7 Å². The normalized spacial score (nSPS) is 9.88. The average Bonchev–Trinajstić information content (AvgIpc) is 2.46. The molecule has 0 saturated carbocycles. The Balaban J connectivity index is 3.40. The van der Waals surface area contributed by atoms with E-state index in [1.165, 1.54) is 7.11 Å². The summed E-state index contributed by atoms with van der Waals surface area (Å²) in [6, 6.07) is 5.28. The van der Waals surface area contributed by atoms with Gasteiger partial charge in [0.15, 0.2) is 5.75 Å². The Morgan fingerprint density at radius 1 is 1.47 bits per heavy atom. The Morgan fingerprint density at radius 2 is 2.18 bits per heavy atom. The van der Waals surface area contributed by atoms with Crippen LogP contribution in [0.3, 0.4) is 0 Å². The van der Waals surface area contributed by atoms with Crippen molar-refractivity contribution in [2.75, 3.05) is 7.11 Å². The molecule has 0 aromatic heterocycles. The number of azide groups is 1. The fraction of sp³-hybridized carbons (Fsp3) is 0.417. The van der Waals surface area contributed by atoms with E-state index < -0.39 is 0 Å². The summed E-state index contributed by atoms with van der Waals surface area (Å²) in [4.78, 5) is 14.6. The lowest BCUT2D eigenvalue weighted by Crippen LogP contribution is -2.07. The minimum Gasteiger partial charge on any atom is -0.493 e. The van der Waals surface area contributed by atoms with Crippen molar-refractivity contribution in [3.05, 3.63) is 50.0 Å². The summed E-state index contributed by atoms with van der Waals surface area (Å²) < 4.78 is 5.07. The molecule has 0 aliphatic heterocycles. The van der Waals surface area contributed by atoms with Gasteiger partial charge in [0.25, 0.3) is 0 Å². The highest BCUT2D eigenvalue weighted by atomic mass is 16.5. The van der Waals surface area contributed by atoms with Crippen LogP contribution in [0.2, 0.25) is 0 Å². The van der Waals surface area contributed by atoms with E-state index >= 15 is 0 Å². The minimum absolute atomic E-state index is 0.0396. The second kappa shape index (κ2) is 5.92. The molecule has 0 atom stereocenters. The molecule has 1 aromatic rings. The molecule has 1 aromatic carbocycles. The van der Waals surface area contributed by atoms with Crippen LogP contribution in [-0.4, -0.2) is 7.11 Å². The molecule has 5 nitrogen and oxygen atoms in total. The van der Waals surface area contributed by atoms with Crippen molar-refractivity contribution >= 4 is 0 Å². The monoisotopic (exact) mass is 233 g/mol. The first-order chi connectivity index (χ1) is 8.10. The quantitative estimate of drug-likeness (QED) is 0.455. The lowest BCUT2D eigenvalue weighted by atomic mass is 10.1. The fourth-order valence-corrected chi connectivity index (χ4v) is 1.44. The Morgan fingerprint density at radius 3 is 2.71 bits per heavy atom. The van der Waals surface area contributed by atoms with Gasteiger partial charge in [0.1, 0.15) is 0 Å². The Labute approximate surface area is 99.7 Å². The number of hydrogen-bond donors (Lipinski definition) is 0. The van der Waals surface area contributed by atoms with Crippen molar-refractivity contribution in [2.45, 2.75) is 26.3 Å². The van der Waals surface area contributed by atoms with Gasteiger partial charge in [-0.25, -0.2) is 0 Å². The number of hydrogen-bond acceptors (Lipinski definition) is 3. The van der Waals surface area contributed by atoms with Crippen molar-refractivity contribution in [1.82, 2.24) is 0 Å². The molecule has 0 amide bonds. The summed E-state index contributed by atoms with van der Waals surface area (Å²) in [6.07, 6.45) is 0. The first kappa shape index (κ1) is 13.1. The molecule has 0 unspecified atom stereocenters. The highest BCUT2D eigenvalue weighted by Crippen LogP contribution is 2.17. The van der Waals surface area contributed by atoms with Crippen molar-refractivity contribution in [2.24, 2.45) is 5.11 Å². The van der Waals surface area contributed by atoms with Crippen LogP contribution < -0.4 is 10.2 Å². The van der Waals surface area contributed by atoms with E-state index in [9.17, 15) is 4.79 Å². The van der Waals surface area contributed by atoms with E-state index in [0.29, 0.717) is 11.5 Å². The lowest BCUT2D eigenvalue weighted by molar-refractivity contribution is 0.410. The number of rotatable bonds is 4. The van der Waals surface area contributed by atoms with Gasteiger partial charge in [0, 0.05) is 10.5 Å². The molecule has 17 heavy (non-hydrogen) atoms. The van der Waals surface area contributed by atoms with Crippen LogP contribution in [0.1, 0.15) is 30.9 Å². The first-order valence-corrected chi connectivity index (χ1v) is 5.32. The summed E-state index contributed by atoms with van der Waals surface area (Å²) in [5.74, 6) is 0.574. The zero-order chi connectivity index (χ0) is 12.8. The summed E-state index contributed by atoms with van der Waals surface area (Å²) in [5.41, 5.74) is 9.49. The maximum Gasteiger partial charge on any atom is 0.223 e. The van der Waals surface area contributed by atoms with Crippen LogP contribution in [0.15, 0.2) is 28.1 Å². The first-order valence-electron chi connectivity index (χ1n) is 5.32. The predicted molar refractivity (Wildman–Crippen MR) is 66.2 cm³/mol. The van der Waals surface area contributed by atoms with Crippen molar-refractivity contribution < 1.29 is 4.74 Å². The SMILES string of the molecule is COc1cc(C(C)C)ccc(CN=[N+]=[N-])c1=O. The Kier molecular flexibility index (Phi) is 4.55. The van der Waals surface area contributed by atoms with E-state index in [2.05, 4.69) is 10.0 Å². The highest BCUT2D eigenvalue weighted by Gasteiger charge is 2.07. The third kappa shape index (κ3) is 3.23. The van der Waals surface area contributed by atoms with Crippen LogP contribution in [0.4, 0.5) is 0 Å². The van der Waals surface area contributed by atoms with Crippen LogP contribution in [0, 0.1) is 0 Å². The van der Waals surface area contributed by atoms with Gasteiger partial charge >= 0.3 is 0 Å². The molecule has 0 N–H and O–H groups in total. The molecular formula is C12H15N3O2. The predicted octanol–water partition coefficient (Wildman–Crippen LogP) is 2.99. The van der Waals surface area contributed by atoms with Gasteiger partial charge in [-0.3, -0.25) is 4.79 Å². The average molecular weight is 233 g/mol. The molecule has 0 spiro atoms. The zero-order valence-electron chi connectivity index (χ0n) is 10.2. The van der Waals surface area contributed by atoms with Crippen LogP contribution >= 0.6 is 0 Å². The molecule has 0 aliphatic carbocycles. The molecular weight excluding hydrogens is 218 g/mol. The molecule has 0 fully saturated rings. The van der Waals surface area contributed by atoms with Gasteiger partial charge in [-0.05, 0) is 23.1 Å². The summed E-state index contributed by atoms with van der Waals surface area (Å²) in [5, 5.41) is 3.41. The molecule has 0 saturated heterocycles. The minimum atomic E-state index is -0.230. The molecule has 0 bridgehead atoms. The second-order valence-electron chi connectivity index (χ2n) is 3.94. The van der Waals surface area contributed by atoms with Gasteiger partial charge in [0.2, 0.25) is 5.43 Å². The zero-order valence-corrected chi connectivity index (χ0v) is 10.2. The number of methoxy groups -OCH3 is 1. The Bertz CT molecular complexity index is 506. The van der Waals surface area contributed by atoms with Gasteiger partial charge in [-0.2, -0.15) is 0 Å². The molecule has 0 aliphatic rings. The summed E-state index contributed by atoms with van der Waals surface area (Å²) in [6.45, 7) is 4.11. The molecule has 90 valence electrons. The molecule has 1 rings (SSSR count). The van der Waals surface area contributed by atoms with E-state index in [0.717, 1.165) is 5.56 Å². The van der Waals surface area contributed by atoms with Crippen molar-refractivity contribution in [3.63, 3.8) is 0 Å². The third-order valence-corrected chi connectivity index (χ3v) is 2.48. The van der Waals surface area contributed by atoms with Crippen molar-refractivity contribution in [3.8, 4) is 5.75 Å². The topological polar surface area (TPSA) is 75.1 Å². The van der Waals surface area contributed by atoms with E-state index in [4.69, 9.17) is 10.3 Å². The van der Waals surface area contributed by atoms with E-state index in [1.807, 2.05) is 19.9 Å². The maximum absolute atomic E-state index is 12.0. The van der Waals surface area contributed by atoms with Crippen LogP contribution in [0.25, 0.3) is 10.4 Å². The van der Waals surface area contributed by atoms with Gasteiger partial charge in [-0.15, -0.1) is 0 Å². The smallest absolute Gasteiger partial charge is 0.223 e. The standard InChI is InChI=1S/C12H15N3O2/c1-8(2)9-4-5-10(7-14-15-13)12(16)11(6-9)17-3/h4-6,8H,7H2,1-3H3. The van der Waals surface area contributed by atoms with Crippen LogP contribution in [-0.2, 0) is 6.54 Å². The molecule has 0 heterocycles. The number of nitrogens with zero attached hydrogens (tertiary/aromatic N) is 3. The summed E-state index contributed by atoms with van der Waals surface area (Å²) in [7, 11) is 1.46. The van der Waals surface area contributed by atoms with Crippen molar-refractivity contribution in [1.29, 1.82) is 0 Å². The second-order valence-corrected chi connectivity index (χ2v) is 3.94. The molecule has 5 heteroatoms. The Hall–Kier alpha value is -2.00. The van der Waals surface area contributed by atoms with E-state index in [1.54, 1.807) is 12.1 Å². The third-order valence-electron chi connectivity index (χ3n) is 2.48. The van der Waals surface area contributed by atoms with Gasteiger partial charge < -0.3 is 4.74 Å². The lowest BCUT2D eigenvalue weighted by Gasteiger charge is -2.02. The number of ether oxygens (including phenoxy) is 1. The van der Waals surface area contributed by atoms with Gasteiger partial charge in [-0.1, -0.05) is 31.1 Å². The van der Waals surface area contributed by atoms with Crippen LogP contribution in [0.5, 0.6) is 5.75 Å². The van der Waals surface area contributed by atoms with E-state index in [-0.39, 0.29) is 17.7 Å².